The molecule has 20 heavy (non-hydrogen) atoms. The summed E-state index contributed by atoms with van der Waals surface area (Å²) in [6.45, 7) is 1.39. The zero-order chi connectivity index (χ0) is 14.8. The van der Waals surface area contributed by atoms with Crippen molar-refractivity contribution in [1.82, 2.24) is 5.32 Å². The average Bonchev–Trinajstić information content (AvgIpc) is 2.35. The molecule has 1 fully saturated rings. The summed E-state index contributed by atoms with van der Waals surface area (Å²) < 4.78 is 29.3. The van der Waals surface area contributed by atoms with Crippen LogP contribution in [0.2, 0.25) is 0 Å². The Bertz CT molecular complexity index is 461. The van der Waals surface area contributed by atoms with E-state index in [1.165, 1.54) is 0 Å². The molecule has 0 aliphatic heterocycles. The molecule has 0 radical (unpaired) electrons. The number of ether oxygens (including phenoxy) is 1. The number of alkyl halides is 2. The molecule has 0 spiro atoms. The van der Waals surface area contributed by atoms with Crippen LogP contribution >= 0.6 is 0 Å². The molecule has 112 valence electrons. The maximum atomic E-state index is 12.4. The highest BCUT2D eigenvalue weighted by Crippen LogP contribution is 2.34. The van der Waals surface area contributed by atoms with Gasteiger partial charge in [0, 0.05) is 18.2 Å². The Morgan fingerprint density at radius 3 is 2.65 bits per heavy atom. The Morgan fingerprint density at radius 2 is 2.10 bits per heavy atom. The van der Waals surface area contributed by atoms with E-state index >= 15 is 0 Å². The fourth-order valence-electron chi connectivity index (χ4n) is 2.48. The van der Waals surface area contributed by atoms with E-state index in [9.17, 15) is 13.9 Å². The van der Waals surface area contributed by atoms with Crippen LogP contribution in [0.4, 0.5) is 8.78 Å². The van der Waals surface area contributed by atoms with Crippen LogP contribution in [0.25, 0.3) is 0 Å². The molecule has 2 N–H and O–H groups in total. The molecule has 1 atom stereocenters. The van der Waals surface area contributed by atoms with Gasteiger partial charge < -0.3 is 15.2 Å². The zero-order valence-corrected chi connectivity index (χ0v) is 11.8. The van der Waals surface area contributed by atoms with Crippen molar-refractivity contribution in [1.29, 1.82) is 0 Å². The summed E-state index contributed by atoms with van der Waals surface area (Å²) in [7, 11) is 0. The predicted octanol–water partition coefficient (Wildman–Crippen LogP) is 2.99. The van der Waals surface area contributed by atoms with Crippen LogP contribution in [-0.4, -0.2) is 23.4 Å². The summed E-state index contributed by atoms with van der Waals surface area (Å²) >= 11 is 0. The van der Waals surface area contributed by atoms with Gasteiger partial charge in [-0.15, -0.1) is 0 Å². The lowest BCUT2D eigenvalue weighted by Gasteiger charge is -2.42. The minimum atomic E-state index is -2.83. The molecule has 0 aromatic heterocycles. The fraction of sp³-hybridized carbons (Fsp3) is 0.600. The molecular formula is C15H21F2NO2. The Morgan fingerprint density at radius 1 is 1.40 bits per heavy atom. The topological polar surface area (TPSA) is 41.5 Å². The second-order valence-electron chi connectivity index (χ2n) is 5.55. The highest BCUT2D eigenvalue weighted by atomic mass is 19.3. The average molecular weight is 285 g/mol. The normalized spacial score (nSPS) is 18.7. The van der Waals surface area contributed by atoms with Gasteiger partial charge in [0.05, 0.1) is 5.60 Å². The molecule has 1 aromatic rings. The molecule has 0 heterocycles. The molecule has 1 saturated carbocycles. The van der Waals surface area contributed by atoms with Crippen molar-refractivity contribution in [2.45, 2.75) is 57.9 Å². The maximum absolute atomic E-state index is 12.4. The standard InChI is InChI=1S/C15H21F2NO2/c1-10-4-5-13(20-14(16)17)12(8-10)9-18-11(2)15(19)6-3-7-15/h4-5,8,11,14,18-19H,3,6-7,9H2,1-2H3. The number of hydrogen-bond donors (Lipinski definition) is 2. The summed E-state index contributed by atoms with van der Waals surface area (Å²) in [6, 6.07) is 5.05. The van der Waals surface area contributed by atoms with Gasteiger partial charge in [0.25, 0.3) is 0 Å². The van der Waals surface area contributed by atoms with Crippen LogP contribution in [-0.2, 0) is 6.54 Å². The van der Waals surface area contributed by atoms with Gasteiger partial charge in [-0.3, -0.25) is 0 Å². The van der Waals surface area contributed by atoms with E-state index in [4.69, 9.17) is 0 Å². The van der Waals surface area contributed by atoms with Crippen molar-refractivity contribution in [2.75, 3.05) is 0 Å². The molecule has 2 rings (SSSR count). The summed E-state index contributed by atoms with van der Waals surface area (Å²) in [4.78, 5) is 0. The Balaban J connectivity index is 2.02. The van der Waals surface area contributed by atoms with E-state index in [0.29, 0.717) is 12.1 Å². The van der Waals surface area contributed by atoms with Gasteiger partial charge in [-0.1, -0.05) is 17.7 Å². The van der Waals surface area contributed by atoms with Crippen LogP contribution < -0.4 is 10.1 Å². The van der Waals surface area contributed by atoms with Crippen LogP contribution in [0.1, 0.15) is 37.3 Å². The second-order valence-corrected chi connectivity index (χ2v) is 5.55. The second kappa shape index (κ2) is 6.06. The smallest absolute Gasteiger partial charge is 0.387 e. The molecule has 0 amide bonds. The summed E-state index contributed by atoms with van der Waals surface area (Å²) in [6.07, 6.45) is 2.61. The number of aliphatic hydroxyl groups is 1. The first-order valence-electron chi connectivity index (χ1n) is 6.91. The largest absolute Gasteiger partial charge is 0.434 e. The van der Waals surface area contributed by atoms with E-state index in [1.807, 2.05) is 19.9 Å². The molecule has 1 aromatic carbocycles. The Hall–Kier alpha value is -1.20. The molecule has 0 bridgehead atoms. The molecule has 1 aliphatic rings. The monoisotopic (exact) mass is 285 g/mol. The number of aryl methyl sites for hydroxylation is 1. The van der Waals surface area contributed by atoms with Crippen molar-refractivity contribution in [2.24, 2.45) is 0 Å². The third kappa shape index (κ3) is 3.46. The Kier molecular flexibility index (Phi) is 4.60. The highest BCUT2D eigenvalue weighted by molar-refractivity contribution is 5.37. The number of hydrogen-bond acceptors (Lipinski definition) is 3. The van der Waals surface area contributed by atoms with Crippen LogP contribution in [0.5, 0.6) is 5.75 Å². The lowest BCUT2D eigenvalue weighted by atomic mass is 9.75. The van der Waals surface area contributed by atoms with E-state index < -0.39 is 12.2 Å². The first kappa shape index (κ1) is 15.2. The van der Waals surface area contributed by atoms with Gasteiger partial charge in [-0.25, -0.2) is 0 Å². The summed E-state index contributed by atoms with van der Waals surface area (Å²) in [5.74, 6) is 0.186. The van der Waals surface area contributed by atoms with Crippen LogP contribution in [0.15, 0.2) is 18.2 Å². The quantitative estimate of drug-likeness (QED) is 0.844. The lowest BCUT2D eigenvalue weighted by molar-refractivity contribution is -0.0612. The van der Waals surface area contributed by atoms with Crippen molar-refractivity contribution >= 4 is 0 Å². The lowest BCUT2D eigenvalue weighted by Crippen LogP contribution is -2.53. The van der Waals surface area contributed by atoms with Gasteiger partial charge in [-0.05, 0) is 39.2 Å². The Labute approximate surface area is 117 Å². The highest BCUT2D eigenvalue weighted by Gasteiger charge is 2.39. The first-order valence-corrected chi connectivity index (χ1v) is 6.91. The van der Waals surface area contributed by atoms with Gasteiger partial charge in [0.15, 0.2) is 0 Å². The number of nitrogens with one attached hydrogen (secondary N) is 1. The molecular weight excluding hydrogens is 264 g/mol. The minimum absolute atomic E-state index is 0.0730. The third-order valence-corrected chi connectivity index (χ3v) is 4.06. The minimum Gasteiger partial charge on any atom is -0.434 e. The number of rotatable bonds is 6. The van der Waals surface area contributed by atoms with E-state index in [2.05, 4.69) is 10.1 Å². The predicted molar refractivity (Wildman–Crippen MR) is 72.9 cm³/mol. The fourth-order valence-corrected chi connectivity index (χ4v) is 2.48. The van der Waals surface area contributed by atoms with Crippen molar-refractivity contribution < 1.29 is 18.6 Å². The van der Waals surface area contributed by atoms with E-state index in [0.717, 1.165) is 24.8 Å². The van der Waals surface area contributed by atoms with E-state index in [1.54, 1.807) is 12.1 Å². The van der Waals surface area contributed by atoms with Gasteiger partial charge in [0.2, 0.25) is 0 Å². The van der Waals surface area contributed by atoms with E-state index in [-0.39, 0.29) is 11.8 Å². The van der Waals surface area contributed by atoms with Crippen molar-refractivity contribution in [3.8, 4) is 5.75 Å². The maximum Gasteiger partial charge on any atom is 0.387 e. The third-order valence-electron chi connectivity index (χ3n) is 4.06. The number of halogens is 2. The molecule has 5 heteroatoms. The molecule has 3 nitrogen and oxygen atoms in total. The molecule has 1 unspecified atom stereocenters. The summed E-state index contributed by atoms with van der Waals surface area (Å²) in [5.41, 5.74) is 1.01. The summed E-state index contributed by atoms with van der Waals surface area (Å²) in [5, 5.41) is 13.4. The van der Waals surface area contributed by atoms with Gasteiger partial charge >= 0.3 is 6.61 Å². The zero-order valence-electron chi connectivity index (χ0n) is 11.8. The molecule has 1 aliphatic carbocycles. The van der Waals surface area contributed by atoms with Gasteiger partial charge in [0.1, 0.15) is 5.75 Å². The number of benzene rings is 1. The van der Waals surface area contributed by atoms with Crippen LogP contribution in [0.3, 0.4) is 0 Å². The van der Waals surface area contributed by atoms with Crippen LogP contribution in [0, 0.1) is 6.92 Å². The SMILES string of the molecule is Cc1ccc(OC(F)F)c(CNC(C)C2(O)CCC2)c1. The van der Waals surface area contributed by atoms with Gasteiger partial charge in [-0.2, -0.15) is 8.78 Å². The molecule has 0 saturated heterocycles. The first-order chi connectivity index (χ1) is 9.40. The van der Waals surface area contributed by atoms with Crippen molar-refractivity contribution in [3.05, 3.63) is 29.3 Å². The van der Waals surface area contributed by atoms with Crippen molar-refractivity contribution in [3.63, 3.8) is 0 Å².